The van der Waals surface area contributed by atoms with Crippen molar-refractivity contribution in [1.29, 1.82) is 0 Å². The fourth-order valence-electron chi connectivity index (χ4n) is 2.12. The molecule has 130 valence electrons. The molecule has 6 heteroatoms. The Kier molecular flexibility index (Phi) is 12.0. The summed E-state index contributed by atoms with van der Waals surface area (Å²) in [6, 6.07) is 0. The Morgan fingerprint density at radius 1 is 1.14 bits per heavy atom. The molecule has 0 spiro atoms. The zero-order valence-electron chi connectivity index (χ0n) is 14.2. The molecule has 1 unspecified atom stereocenters. The second-order valence-corrected chi connectivity index (χ2v) is 5.46. The number of ether oxygens (including phenoxy) is 3. The molecule has 0 bridgehead atoms. The molecular weight excluding hydrogens is 282 g/mol. The summed E-state index contributed by atoms with van der Waals surface area (Å²) in [5, 5.41) is 6.58. The van der Waals surface area contributed by atoms with Crippen molar-refractivity contribution in [2.75, 3.05) is 53.2 Å². The molecule has 1 rings (SSSR count). The molecular formula is C16H33N3O3. The highest BCUT2D eigenvalue weighted by Crippen LogP contribution is 2.07. The van der Waals surface area contributed by atoms with Gasteiger partial charge in [0.25, 0.3) is 0 Å². The standard InChI is InChI=1S/C16H33N3O3/c1-3-4-10-20-11-5-8-18-16(17-2)19-9-6-12-22-15-7-13-21-14-15/h15H,3-14H2,1-2H3,(H2,17,18,19). The van der Waals surface area contributed by atoms with Crippen LogP contribution in [0.3, 0.4) is 0 Å². The first-order valence-corrected chi connectivity index (χ1v) is 8.58. The van der Waals surface area contributed by atoms with E-state index in [1.165, 1.54) is 6.42 Å². The van der Waals surface area contributed by atoms with Crippen molar-refractivity contribution in [3.63, 3.8) is 0 Å². The first-order valence-electron chi connectivity index (χ1n) is 8.58. The largest absolute Gasteiger partial charge is 0.381 e. The molecule has 1 fully saturated rings. The molecule has 0 aromatic heterocycles. The molecule has 1 heterocycles. The fraction of sp³-hybridized carbons (Fsp3) is 0.938. The normalized spacial score (nSPS) is 18.6. The predicted octanol–water partition coefficient (Wildman–Crippen LogP) is 1.55. The quantitative estimate of drug-likeness (QED) is 0.325. The molecule has 1 atom stereocenters. The number of unbranched alkanes of at least 4 members (excludes halogenated alkanes) is 1. The molecule has 1 saturated heterocycles. The van der Waals surface area contributed by atoms with Gasteiger partial charge in [-0.05, 0) is 25.7 Å². The Bertz CT molecular complexity index is 282. The molecule has 0 aromatic carbocycles. The smallest absolute Gasteiger partial charge is 0.190 e. The van der Waals surface area contributed by atoms with Gasteiger partial charge in [-0.1, -0.05) is 13.3 Å². The van der Waals surface area contributed by atoms with E-state index < -0.39 is 0 Å². The van der Waals surface area contributed by atoms with Crippen LogP contribution in [0.25, 0.3) is 0 Å². The topological polar surface area (TPSA) is 64.1 Å². The van der Waals surface area contributed by atoms with Crippen molar-refractivity contribution < 1.29 is 14.2 Å². The molecule has 2 N–H and O–H groups in total. The van der Waals surface area contributed by atoms with Crippen LogP contribution in [0.5, 0.6) is 0 Å². The number of hydrogen-bond donors (Lipinski definition) is 2. The fourth-order valence-corrected chi connectivity index (χ4v) is 2.12. The van der Waals surface area contributed by atoms with Gasteiger partial charge in [-0.2, -0.15) is 0 Å². The Labute approximate surface area is 135 Å². The van der Waals surface area contributed by atoms with Gasteiger partial charge < -0.3 is 24.8 Å². The van der Waals surface area contributed by atoms with Gasteiger partial charge in [0, 0.05) is 46.6 Å². The van der Waals surface area contributed by atoms with Gasteiger partial charge in [-0.3, -0.25) is 4.99 Å². The molecule has 0 aliphatic carbocycles. The third kappa shape index (κ3) is 9.97. The van der Waals surface area contributed by atoms with Crippen molar-refractivity contribution in [2.24, 2.45) is 4.99 Å². The van der Waals surface area contributed by atoms with E-state index in [1.807, 2.05) is 0 Å². The average molecular weight is 315 g/mol. The van der Waals surface area contributed by atoms with Crippen LogP contribution >= 0.6 is 0 Å². The maximum absolute atomic E-state index is 5.72. The lowest BCUT2D eigenvalue weighted by Gasteiger charge is -2.13. The second-order valence-electron chi connectivity index (χ2n) is 5.46. The van der Waals surface area contributed by atoms with E-state index in [-0.39, 0.29) is 0 Å². The van der Waals surface area contributed by atoms with Crippen molar-refractivity contribution in [3.05, 3.63) is 0 Å². The average Bonchev–Trinajstić information content (AvgIpc) is 3.05. The minimum Gasteiger partial charge on any atom is -0.381 e. The Hall–Kier alpha value is -0.850. The van der Waals surface area contributed by atoms with Gasteiger partial charge in [0.05, 0.1) is 12.7 Å². The van der Waals surface area contributed by atoms with Crippen molar-refractivity contribution >= 4 is 5.96 Å². The molecule has 1 aliphatic rings. The van der Waals surface area contributed by atoms with Crippen LogP contribution in [-0.4, -0.2) is 65.2 Å². The van der Waals surface area contributed by atoms with E-state index >= 15 is 0 Å². The van der Waals surface area contributed by atoms with Crippen LogP contribution in [0, 0.1) is 0 Å². The Balaban J connectivity index is 1.89. The van der Waals surface area contributed by atoms with Crippen LogP contribution in [0.15, 0.2) is 4.99 Å². The number of nitrogens with one attached hydrogen (secondary N) is 2. The van der Waals surface area contributed by atoms with Crippen molar-refractivity contribution in [3.8, 4) is 0 Å². The lowest BCUT2D eigenvalue weighted by atomic mass is 10.3. The van der Waals surface area contributed by atoms with Gasteiger partial charge in [0.1, 0.15) is 0 Å². The highest BCUT2D eigenvalue weighted by Gasteiger charge is 2.15. The van der Waals surface area contributed by atoms with E-state index in [1.54, 1.807) is 7.05 Å². The van der Waals surface area contributed by atoms with Gasteiger partial charge in [0.15, 0.2) is 5.96 Å². The van der Waals surface area contributed by atoms with Crippen LogP contribution in [-0.2, 0) is 14.2 Å². The van der Waals surface area contributed by atoms with Crippen molar-refractivity contribution in [2.45, 2.75) is 45.1 Å². The first kappa shape index (κ1) is 19.2. The highest BCUT2D eigenvalue weighted by molar-refractivity contribution is 5.79. The van der Waals surface area contributed by atoms with E-state index in [2.05, 4.69) is 22.5 Å². The Morgan fingerprint density at radius 2 is 1.86 bits per heavy atom. The number of guanidine groups is 1. The number of nitrogens with zero attached hydrogens (tertiary/aromatic N) is 1. The molecule has 0 aromatic rings. The zero-order chi connectivity index (χ0) is 15.9. The minimum absolute atomic E-state index is 0.296. The predicted molar refractivity (Wildman–Crippen MR) is 89.5 cm³/mol. The van der Waals surface area contributed by atoms with Crippen LogP contribution in [0.2, 0.25) is 0 Å². The zero-order valence-corrected chi connectivity index (χ0v) is 14.2. The van der Waals surface area contributed by atoms with E-state index in [0.29, 0.717) is 6.10 Å². The third-order valence-corrected chi connectivity index (χ3v) is 3.48. The molecule has 6 nitrogen and oxygen atoms in total. The summed E-state index contributed by atoms with van der Waals surface area (Å²) in [6.45, 7) is 7.94. The number of rotatable bonds is 12. The molecule has 0 radical (unpaired) electrons. The molecule has 0 saturated carbocycles. The summed E-state index contributed by atoms with van der Waals surface area (Å²) in [7, 11) is 1.79. The lowest BCUT2D eigenvalue weighted by molar-refractivity contribution is 0.0420. The SMILES string of the molecule is CCCCOCCCNC(=NC)NCCCOC1CCOC1. The van der Waals surface area contributed by atoms with Crippen LogP contribution in [0.1, 0.15) is 39.0 Å². The van der Waals surface area contributed by atoms with Gasteiger partial charge in [-0.25, -0.2) is 0 Å². The summed E-state index contributed by atoms with van der Waals surface area (Å²) in [5.41, 5.74) is 0. The summed E-state index contributed by atoms with van der Waals surface area (Å²) in [4.78, 5) is 4.20. The van der Waals surface area contributed by atoms with E-state index in [4.69, 9.17) is 14.2 Å². The summed E-state index contributed by atoms with van der Waals surface area (Å²) in [6.07, 6.45) is 5.62. The maximum atomic E-state index is 5.72. The molecule has 1 aliphatic heterocycles. The summed E-state index contributed by atoms with van der Waals surface area (Å²) < 4.78 is 16.5. The third-order valence-electron chi connectivity index (χ3n) is 3.48. The van der Waals surface area contributed by atoms with Gasteiger partial charge in [0.2, 0.25) is 0 Å². The summed E-state index contributed by atoms with van der Waals surface area (Å²) in [5.74, 6) is 0.845. The van der Waals surface area contributed by atoms with Crippen molar-refractivity contribution in [1.82, 2.24) is 10.6 Å². The van der Waals surface area contributed by atoms with E-state index in [9.17, 15) is 0 Å². The van der Waals surface area contributed by atoms with E-state index in [0.717, 1.165) is 77.8 Å². The molecule has 0 amide bonds. The molecule has 22 heavy (non-hydrogen) atoms. The minimum atomic E-state index is 0.296. The number of hydrogen-bond acceptors (Lipinski definition) is 4. The first-order chi connectivity index (χ1) is 10.9. The highest BCUT2D eigenvalue weighted by atomic mass is 16.5. The Morgan fingerprint density at radius 3 is 2.50 bits per heavy atom. The lowest BCUT2D eigenvalue weighted by Crippen LogP contribution is -2.38. The maximum Gasteiger partial charge on any atom is 0.190 e. The summed E-state index contributed by atoms with van der Waals surface area (Å²) >= 11 is 0. The van der Waals surface area contributed by atoms with Gasteiger partial charge in [-0.15, -0.1) is 0 Å². The number of aliphatic imine (C=N–C) groups is 1. The van der Waals surface area contributed by atoms with Crippen LogP contribution < -0.4 is 10.6 Å². The van der Waals surface area contributed by atoms with Gasteiger partial charge >= 0.3 is 0 Å². The monoisotopic (exact) mass is 315 g/mol. The second kappa shape index (κ2) is 13.8. The van der Waals surface area contributed by atoms with Crippen LogP contribution in [0.4, 0.5) is 0 Å².